The summed E-state index contributed by atoms with van der Waals surface area (Å²) in [6.45, 7) is 0. The first kappa shape index (κ1) is 9.16. The molecule has 1 saturated carbocycles. The van der Waals surface area contributed by atoms with Gasteiger partial charge in [0.25, 0.3) is 0 Å². The van der Waals surface area contributed by atoms with Gasteiger partial charge in [-0.1, -0.05) is 25.7 Å². The van der Waals surface area contributed by atoms with Crippen molar-refractivity contribution in [1.82, 2.24) is 4.98 Å². The van der Waals surface area contributed by atoms with Gasteiger partial charge < -0.3 is 5.11 Å². The van der Waals surface area contributed by atoms with E-state index in [0.29, 0.717) is 0 Å². The minimum absolute atomic E-state index is 0.558. The Morgan fingerprint density at radius 2 is 1.92 bits per heavy atom. The molecular formula is C10H15NOS. The van der Waals surface area contributed by atoms with Crippen molar-refractivity contribution >= 4 is 11.3 Å². The van der Waals surface area contributed by atoms with Crippen molar-refractivity contribution in [3.05, 3.63) is 16.6 Å². The molecule has 0 spiro atoms. The molecule has 1 aliphatic carbocycles. The van der Waals surface area contributed by atoms with Crippen LogP contribution >= 0.6 is 11.3 Å². The van der Waals surface area contributed by atoms with Gasteiger partial charge in [0.1, 0.15) is 5.60 Å². The highest BCUT2D eigenvalue weighted by molar-refractivity contribution is 7.09. The van der Waals surface area contributed by atoms with Crippen molar-refractivity contribution in [1.29, 1.82) is 0 Å². The maximum atomic E-state index is 10.4. The lowest BCUT2D eigenvalue weighted by Gasteiger charge is -2.24. The highest BCUT2D eigenvalue weighted by atomic mass is 32.1. The molecule has 1 aromatic heterocycles. The molecule has 0 atom stereocenters. The fraction of sp³-hybridized carbons (Fsp3) is 0.700. The molecule has 2 nitrogen and oxygen atoms in total. The second-order valence-corrected chi connectivity index (χ2v) is 4.70. The highest BCUT2D eigenvalue weighted by Gasteiger charge is 2.31. The van der Waals surface area contributed by atoms with Gasteiger partial charge in [0, 0.05) is 6.20 Å². The van der Waals surface area contributed by atoms with E-state index >= 15 is 0 Å². The highest BCUT2D eigenvalue weighted by Crippen LogP contribution is 2.37. The summed E-state index contributed by atoms with van der Waals surface area (Å²) in [4.78, 5) is 5.08. The lowest BCUT2D eigenvalue weighted by molar-refractivity contribution is 0.0242. The fourth-order valence-corrected chi connectivity index (χ4v) is 2.79. The minimum Gasteiger partial charge on any atom is -0.384 e. The molecule has 0 bridgehead atoms. The summed E-state index contributed by atoms with van der Waals surface area (Å²) < 4.78 is 0. The van der Waals surface area contributed by atoms with Crippen LogP contribution in [0.1, 0.15) is 43.4 Å². The lowest BCUT2D eigenvalue weighted by Crippen LogP contribution is -2.23. The Labute approximate surface area is 82.6 Å². The van der Waals surface area contributed by atoms with Gasteiger partial charge in [-0.15, -0.1) is 11.3 Å². The third kappa shape index (κ3) is 1.92. The third-order valence-electron chi connectivity index (χ3n) is 2.82. The first-order chi connectivity index (χ1) is 6.31. The van der Waals surface area contributed by atoms with E-state index in [1.165, 1.54) is 12.8 Å². The second-order valence-electron chi connectivity index (χ2n) is 3.81. The molecule has 0 aromatic carbocycles. The molecule has 1 fully saturated rings. The molecule has 3 heteroatoms. The topological polar surface area (TPSA) is 33.1 Å². The second kappa shape index (κ2) is 3.76. The maximum absolute atomic E-state index is 10.4. The van der Waals surface area contributed by atoms with Crippen molar-refractivity contribution in [3.8, 4) is 0 Å². The number of thiazole rings is 1. The van der Waals surface area contributed by atoms with Gasteiger partial charge in [-0.05, 0) is 12.8 Å². The SMILES string of the molecule is OC1(c2cncs2)CCCCCC1. The van der Waals surface area contributed by atoms with Crippen LogP contribution in [0.3, 0.4) is 0 Å². The minimum atomic E-state index is -0.558. The molecule has 1 aromatic rings. The Morgan fingerprint density at radius 1 is 1.23 bits per heavy atom. The number of nitrogens with zero attached hydrogens (tertiary/aromatic N) is 1. The molecule has 0 aliphatic heterocycles. The third-order valence-corrected chi connectivity index (χ3v) is 3.79. The summed E-state index contributed by atoms with van der Waals surface area (Å²) in [5.41, 5.74) is 1.25. The number of aliphatic hydroxyl groups is 1. The van der Waals surface area contributed by atoms with Crippen LogP contribution in [0.25, 0.3) is 0 Å². The number of rotatable bonds is 1. The van der Waals surface area contributed by atoms with E-state index in [9.17, 15) is 5.11 Å². The summed E-state index contributed by atoms with van der Waals surface area (Å²) >= 11 is 1.58. The molecule has 1 N–H and O–H groups in total. The summed E-state index contributed by atoms with van der Waals surface area (Å²) in [5, 5.41) is 10.4. The Hall–Kier alpha value is -0.410. The number of aromatic nitrogens is 1. The molecule has 72 valence electrons. The Morgan fingerprint density at radius 3 is 2.46 bits per heavy atom. The molecule has 2 rings (SSSR count). The van der Waals surface area contributed by atoms with Crippen molar-refractivity contribution in [2.24, 2.45) is 0 Å². The van der Waals surface area contributed by atoms with Gasteiger partial charge in [0.15, 0.2) is 0 Å². The van der Waals surface area contributed by atoms with E-state index in [1.807, 2.05) is 6.20 Å². The smallest absolute Gasteiger partial charge is 0.100 e. The Kier molecular flexibility index (Phi) is 2.65. The van der Waals surface area contributed by atoms with E-state index in [-0.39, 0.29) is 0 Å². The van der Waals surface area contributed by atoms with Crippen LogP contribution < -0.4 is 0 Å². The van der Waals surface area contributed by atoms with Gasteiger partial charge in [-0.2, -0.15) is 0 Å². The van der Waals surface area contributed by atoms with Crippen LogP contribution in [0.2, 0.25) is 0 Å². The summed E-state index contributed by atoms with van der Waals surface area (Å²) in [6.07, 6.45) is 8.46. The van der Waals surface area contributed by atoms with Gasteiger partial charge >= 0.3 is 0 Å². The van der Waals surface area contributed by atoms with E-state index in [2.05, 4.69) is 4.98 Å². The molecular weight excluding hydrogens is 182 g/mol. The molecule has 0 radical (unpaired) electrons. The molecule has 13 heavy (non-hydrogen) atoms. The van der Waals surface area contributed by atoms with E-state index in [4.69, 9.17) is 0 Å². The normalized spacial score (nSPS) is 22.5. The monoisotopic (exact) mass is 197 g/mol. The summed E-state index contributed by atoms with van der Waals surface area (Å²) in [7, 11) is 0. The van der Waals surface area contributed by atoms with Crippen molar-refractivity contribution in [2.45, 2.75) is 44.1 Å². The number of hydrogen-bond donors (Lipinski definition) is 1. The van der Waals surface area contributed by atoms with E-state index in [1.54, 1.807) is 16.8 Å². The Balaban J connectivity index is 2.17. The fourth-order valence-electron chi connectivity index (χ4n) is 2.01. The maximum Gasteiger partial charge on any atom is 0.100 e. The van der Waals surface area contributed by atoms with Crippen LogP contribution in [-0.2, 0) is 5.60 Å². The van der Waals surface area contributed by atoms with Crippen LogP contribution in [0.5, 0.6) is 0 Å². The van der Waals surface area contributed by atoms with Crippen LogP contribution in [0.15, 0.2) is 11.7 Å². The van der Waals surface area contributed by atoms with Crippen molar-refractivity contribution < 1.29 is 5.11 Å². The Bertz CT molecular complexity index is 250. The molecule has 1 heterocycles. The van der Waals surface area contributed by atoms with Crippen LogP contribution in [0, 0.1) is 0 Å². The predicted molar refractivity (Wildman–Crippen MR) is 53.7 cm³/mol. The van der Waals surface area contributed by atoms with Crippen LogP contribution in [-0.4, -0.2) is 10.1 Å². The average molecular weight is 197 g/mol. The standard InChI is InChI=1S/C10H15NOS/c12-10(9-7-11-8-13-9)5-3-1-2-4-6-10/h7-8,12H,1-6H2. The van der Waals surface area contributed by atoms with E-state index < -0.39 is 5.60 Å². The van der Waals surface area contributed by atoms with Gasteiger partial charge in [-0.25, -0.2) is 0 Å². The van der Waals surface area contributed by atoms with Gasteiger partial charge in [0.2, 0.25) is 0 Å². The summed E-state index contributed by atoms with van der Waals surface area (Å²) in [5.74, 6) is 0. The zero-order valence-corrected chi connectivity index (χ0v) is 8.52. The average Bonchev–Trinajstić information content (AvgIpc) is 2.57. The lowest BCUT2D eigenvalue weighted by atomic mass is 9.93. The predicted octanol–water partition coefficient (Wildman–Crippen LogP) is 2.68. The molecule has 0 saturated heterocycles. The molecule has 0 amide bonds. The first-order valence-electron chi connectivity index (χ1n) is 4.93. The van der Waals surface area contributed by atoms with E-state index in [0.717, 1.165) is 30.6 Å². The van der Waals surface area contributed by atoms with Gasteiger partial charge in [-0.3, -0.25) is 4.98 Å². The zero-order chi connectivity index (χ0) is 9.15. The summed E-state index contributed by atoms with van der Waals surface area (Å²) in [6, 6.07) is 0. The van der Waals surface area contributed by atoms with Crippen molar-refractivity contribution in [2.75, 3.05) is 0 Å². The molecule has 0 unspecified atom stereocenters. The number of hydrogen-bond acceptors (Lipinski definition) is 3. The first-order valence-corrected chi connectivity index (χ1v) is 5.81. The zero-order valence-electron chi connectivity index (χ0n) is 7.70. The van der Waals surface area contributed by atoms with Crippen molar-refractivity contribution in [3.63, 3.8) is 0 Å². The largest absolute Gasteiger partial charge is 0.384 e. The van der Waals surface area contributed by atoms with Gasteiger partial charge in [0.05, 0.1) is 10.4 Å². The molecule has 1 aliphatic rings. The quantitative estimate of drug-likeness (QED) is 0.702. The van der Waals surface area contributed by atoms with Crippen LogP contribution in [0.4, 0.5) is 0 Å².